The summed E-state index contributed by atoms with van der Waals surface area (Å²) in [5.74, 6) is 0.749. The van der Waals surface area contributed by atoms with E-state index in [1.807, 2.05) is 24.3 Å². The van der Waals surface area contributed by atoms with Crippen molar-refractivity contribution >= 4 is 10.8 Å². The van der Waals surface area contributed by atoms with Crippen LogP contribution in [0.25, 0.3) is 16.5 Å². The first-order chi connectivity index (χ1) is 11.3. The molecule has 0 unspecified atom stereocenters. The molecule has 4 nitrogen and oxygen atoms in total. The number of benzene rings is 1. The van der Waals surface area contributed by atoms with E-state index in [0.29, 0.717) is 0 Å². The maximum absolute atomic E-state index is 10.8. The van der Waals surface area contributed by atoms with E-state index in [1.54, 1.807) is 17.0 Å². The molecule has 0 spiro atoms. The summed E-state index contributed by atoms with van der Waals surface area (Å²) >= 11 is 0. The third-order valence-electron chi connectivity index (χ3n) is 5.20. The standard InChI is InChI=1S/C19H16N2O2/c22-18-16-11-4-5-12(7-6-11)17(16)19(23)21(18)15-3-1-2-13-10-20-9-8-14(13)15/h1-5,8-12,22-23H,6-7H2/t11-,12+. The Morgan fingerprint density at radius 2 is 1.65 bits per heavy atom. The van der Waals surface area contributed by atoms with Crippen molar-refractivity contribution in [3.63, 3.8) is 0 Å². The van der Waals surface area contributed by atoms with Crippen LogP contribution in [0.15, 0.2) is 48.8 Å². The zero-order valence-electron chi connectivity index (χ0n) is 12.5. The molecule has 0 fully saturated rings. The largest absolute Gasteiger partial charge is 0.494 e. The lowest BCUT2D eigenvalue weighted by Gasteiger charge is -2.30. The second-order valence-corrected chi connectivity index (χ2v) is 6.36. The molecule has 2 aromatic heterocycles. The van der Waals surface area contributed by atoms with E-state index in [2.05, 4.69) is 17.1 Å². The summed E-state index contributed by atoms with van der Waals surface area (Å²) in [4.78, 5) is 4.15. The highest BCUT2D eigenvalue weighted by Gasteiger charge is 2.38. The maximum Gasteiger partial charge on any atom is 0.202 e. The van der Waals surface area contributed by atoms with E-state index in [4.69, 9.17) is 0 Å². The number of fused-ring (bicyclic) bond motifs is 2. The number of rotatable bonds is 1. The van der Waals surface area contributed by atoms with Gasteiger partial charge in [0.1, 0.15) is 0 Å². The SMILES string of the molecule is Oc1c2c(c(O)n1-c1cccc3cnccc13)[C@H]1C=C[C@@H]2CC1. The molecular formula is C19H16N2O2. The topological polar surface area (TPSA) is 58.3 Å². The zero-order chi connectivity index (χ0) is 15.6. The van der Waals surface area contributed by atoms with Crippen molar-refractivity contribution in [3.8, 4) is 17.4 Å². The predicted molar refractivity (Wildman–Crippen MR) is 88.3 cm³/mol. The third kappa shape index (κ3) is 1.58. The molecule has 4 heteroatoms. The summed E-state index contributed by atoms with van der Waals surface area (Å²) in [5.41, 5.74) is 2.58. The van der Waals surface area contributed by atoms with E-state index in [-0.39, 0.29) is 23.6 Å². The van der Waals surface area contributed by atoms with Crippen molar-refractivity contribution in [1.82, 2.24) is 9.55 Å². The summed E-state index contributed by atoms with van der Waals surface area (Å²) in [5, 5.41) is 23.6. The Morgan fingerprint density at radius 3 is 2.30 bits per heavy atom. The van der Waals surface area contributed by atoms with Gasteiger partial charge in [0.25, 0.3) is 0 Å². The molecule has 0 saturated carbocycles. The normalized spacial score (nSPS) is 21.7. The molecule has 6 rings (SSSR count). The van der Waals surface area contributed by atoms with E-state index in [9.17, 15) is 10.2 Å². The van der Waals surface area contributed by atoms with Crippen molar-refractivity contribution in [1.29, 1.82) is 0 Å². The summed E-state index contributed by atoms with van der Waals surface area (Å²) in [6, 6.07) is 7.73. The molecule has 0 radical (unpaired) electrons. The monoisotopic (exact) mass is 304 g/mol. The van der Waals surface area contributed by atoms with Crippen LogP contribution in [-0.4, -0.2) is 19.8 Å². The number of hydrogen-bond acceptors (Lipinski definition) is 3. The molecule has 0 aliphatic heterocycles. The Balaban J connectivity index is 1.84. The van der Waals surface area contributed by atoms with Crippen molar-refractivity contribution in [2.75, 3.05) is 0 Å². The number of aromatic nitrogens is 2. The second-order valence-electron chi connectivity index (χ2n) is 6.36. The first-order valence-corrected chi connectivity index (χ1v) is 7.93. The van der Waals surface area contributed by atoms with Gasteiger partial charge in [-0.15, -0.1) is 0 Å². The summed E-state index contributed by atoms with van der Waals surface area (Å²) in [7, 11) is 0. The van der Waals surface area contributed by atoms with Crippen LogP contribution in [0.2, 0.25) is 0 Å². The zero-order valence-corrected chi connectivity index (χ0v) is 12.5. The fourth-order valence-electron chi connectivity index (χ4n) is 4.14. The van der Waals surface area contributed by atoms with Crippen LogP contribution in [0.1, 0.15) is 35.8 Å². The van der Waals surface area contributed by atoms with Crippen molar-refractivity contribution in [3.05, 3.63) is 59.9 Å². The lowest BCUT2D eigenvalue weighted by Crippen LogP contribution is -2.15. The van der Waals surface area contributed by atoms with E-state index in [1.165, 1.54) is 0 Å². The number of hydrogen-bond donors (Lipinski definition) is 2. The molecular weight excluding hydrogens is 288 g/mol. The lowest BCUT2D eigenvalue weighted by atomic mass is 9.73. The smallest absolute Gasteiger partial charge is 0.202 e. The fraction of sp³-hybridized carbons (Fsp3) is 0.211. The molecule has 0 amide bonds. The van der Waals surface area contributed by atoms with Crippen molar-refractivity contribution in [2.24, 2.45) is 0 Å². The molecule has 3 aliphatic rings. The van der Waals surface area contributed by atoms with Gasteiger partial charge >= 0.3 is 0 Å². The number of aromatic hydroxyl groups is 2. The summed E-state index contributed by atoms with van der Waals surface area (Å²) < 4.78 is 1.59. The van der Waals surface area contributed by atoms with Crippen molar-refractivity contribution in [2.45, 2.75) is 24.7 Å². The van der Waals surface area contributed by atoms with E-state index in [0.717, 1.165) is 40.4 Å². The molecule has 3 aromatic rings. The van der Waals surface area contributed by atoms with Gasteiger partial charge in [-0.05, 0) is 25.0 Å². The Kier molecular flexibility index (Phi) is 2.43. The average molecular weight is 304 g/mol. The molecule has 2 bridgehead atoms. The van der Waals surface area contributed by atoms with Crippen LogP contribution >= 0.6 is 0 Å². The molecule has 3 aliphatic carbocycles. The Labute approximate surface area is 133 Å². The first kappa shape index (κ1) is 12.8. The van der Waals surface area contributed by atoms with Gasteiger partial charge in [0.15, 0.2) is 0 Å². The van der Waals surface area contributed by atoms with Gasteiger partial charge in [0, 0.05) is 46.1 Å². The van der Waals surface area contributed by atoms with E-state index < -0.39 is 0 Å². The van der Waals surface area contributed by atoms with Crippen LogP contribution in [0.4, 0.5) is 0 Å². The van der Waals surface area contributed by atoms with Gasteiger partial charge in [-0.1, -0.05) is 24.3 Å². The third-order valence-corrected chi connectivity index (χ3v) is 5.20. The van der Waals surface area contributed by atoms with Gasteiger partial charge in [-0.3, -0.25) is 9.55 Å². The van der Waals surface area contributed by atoms with Gasteiger partial charge in [0.2, 0.25) is 11.8 Å². The Morgan fingerprint density at radius 1 is 0.957 bits per heavy atom. The van der Waals surface area contributed by atoms with Gasteiger partial charge in [-0.25, -0.2) is 0 Å². The summed E-state index contributed by atoms with van der Waals surface area (Å²) in [6.07, 6.45) is 9.91. The highest BCUT2D eigenvalue weighted by atomic mass is 16.3. The first-order valence-electron chi connectivity index (χ1n) is 7.93. The molecule has 114 valence electrons. The van der Waals surface area contributed by atoms with Gasteiger partial charge in [0.05, 0.1) is 5.69 Å². The minimum absolute atomic E-state index is 0.167. The minimum Gasteiger partial charge on any atom is -0.494 e. The molecule has 2 N–H and O–H groups in total. The highest BCUT2D eigenvalue weighted by molar-refractivity contribution is 5.90. The molecule has 2 atom stereocenters. The molecule has 1 aromatic carbocycles. The van der Waals surface area contributed by atoms with Crippen LogP contribution < -0.4 is 0 Å². The van der Waals surface area contributed by atoms with E-state index >= 15 is 0 Å². The van der Waals surface area contributed by atoms with Gasteiger partial charge < -0.3 is 10.2 Å². The number of nitrogens with zero attached hydrogens (tertiary/aromatic N) is 2. The number of allylic oxidation sites excluding steroid dienone is 2. The Bertz CT molecular complexity index is 928. The van der Waals surface area contributed by atoms with Crippen LogP contribution in [0.3, 0.4) is 0 Å². The quantitative estimate of drug-likeness (QED) is 0.669. The number of pyridine rings is 1. The maximum atomic E-state index is 10.8. The Hall–Kier alpha value is -2.75. The molecule has 2 heterocycles. The minimum atomic E-state index is 0.167. The predicted octanol–water partition coefficient (Wildman–Crippen LogP) is 3.97. The van der Waals surface area contributed by atoms with Crippen molar-refractivity contribution < 1.29 is 10.2 Å². The average Bonchev–Trinajstić information content (AvgIpc) is 2.89. The molecule has 23 heavy (non-hydrogen) atoms. The fourth-order valence-corrected chi connectivity index (χ4v) is 4.14. The van der Waals surface area contributed by atoms with Crippen LogP contribution in [-0.2, 0) is 0 Å². The highest BCUT2D eigenvalue weighted by Crippen LogP contribution is 2.54. The van der Waals surface area contributed by atoms with Crippen LogP contribution in [0, 0.1) is 0 Å². The lowest BCUT2D eigenvalue weighted by molar-refractivity contribution is 0.399. The molecule has 0 saturated heterocycles. The van der Waals surface area contributed by atoms with Crippen LogP contribution in [0.5, 0.6) is 11.8 Å². The van der Waals surface area contributed by atoms with Gasteiger partial charge in [-0.2, -0.15) is 0 Å². The summed E-state index contributed by atoms with van der Waals surface area (Å²) in [6.45, 7) is 0. The second kappa shape index (κ2) is 4.38.